The summed E-state index contributed by atoms with van der Waals surface area (Å²) in [4.78, 5) is 13.8. The molecule has 1 N–H and O–H groups in total. The maximum atomic E-state index is 11.8. The van der Waals surface area contributed by atoms with Gasteiger partial charge in [-0.1, -0.05) is 23.8 Å². The first-order valence-electron chi connectivity index (χ1n) is 6.85. The topological polar surface area (TPSA) is 97.3 Å². The lowest BCUT2D eigenvalue weighted by Crippen LogP contribution is -2.19. The Bertz CT molecular complexity index is 625. The van der Waals surface area contributed by atoms with Crippen LogP contribution in [0.1, 0.15) is 31.0 Å². The fraction of sp³-hybridized carbons (Fsp3) is 0.538. The maximum absolute atomic E-state index is 11.8. The molecule has 0 saturated heterocycles. The average Bonchev–Trinajstić information content (AvgIpc) is 3.07. The summed E-state index contributed by atoms with van der Waals surface area (Å²) >= 11 is 1.19. The normalized spacial score (nSPS) is 12.6. The van der Waals surface area contributed by atoms with Crippen molar-refractivity contribution in [2.75, 3.05) is 25.2 Å². The second-order valence-electron chi connectivity index (χ2n) is 4.95. The van der Waals surface area contributed by atoms with Crippen molar-refractivity contribution in [1.29, 1.82) is 0 Å². The highest BCUT2D eigenvalue weighted by Crippen LogP contribution is 2.24. The molecule has 8 nitrogen and oxygen atoms in total. The highest BCUT2D eigenvalue weighted by molar-refractivity contribution is 7.99. The minimum Gasteiger partial charge on any atom is -0.414 e. The Kier molecular flexibility index (Phi) is 5.56. The van der Waals surface area contributed by atoms with Crippen molar-refractivity contribution in [3.63, 3.8) is 0 Å². The van der Waals surface area contributed by atoms with E-state index in [1.54, 1.807) is 13.0 Å². The summed E-state index contributed by atoms with van der Waals surface area (Å²) < 4.78 is 10.5. The summed E-state index contributed by atoms with van der Waals surface area (Å²) in [6, 6.07) is 1.73. The van der Waals surface area contributed by atoms with E-state index >= 15 is 0 Å². The van der Waals surface area contributed by atoms with Crippen LogP contribution in [0.15, 0.2) is 20.2 Å². The van der Waals surface area contributed by atoms with Crippen molar-refractivity contribution in [3.8, 4) is 0 Å². The molecular weight excluding hydrogens is 306 g/mol. The lowest BCUT2D eigenvalue weighted by Gasteiger charge is -2.18. The molecule has 0 aliphatic carbocycles. The van der Waals surface area contributed by atoms with Crippen molar-refractivity contribution >= 4 is 23.5 Å². The van der Waals surface area contributed by atoms with E-state index in [0.29, 0.717) is 22.7 Å². The van der Waals surface area contributed by atoms with Crippen molar-refractivity contribution in [2.45, 2.75) is 31.5 Å². The first kappa shape index (κ1) is 16.5. The lowest BCUT2D eigenvalue weighted by molar-refractivity contribution is -0.113. The molecule has 1 amide bonds. The van der Waals surface area contributed by atoms with Gasteiger partial charge in [0.25, 0.3) is 5.22 Å². The summed E-state index contributed by atoms with van der Waals surface area (Å²) in [5, 5.41) is 14.7. The predicted molar refractivity (Wildman–Crippen MR) is 81.6 cm³/mol. The third-order valence-corrected chi connectivity index (χ3v) is 3.76. The molecule has 120 valence electrons. The number of nitrogens with one attached hydrogen (secondary N) is 1. The van der Waals surface area contributed by atoms with Crippen LogP contribution in [-0.4, -0.2) is 46.0 Å². The van der Waals surface area contributed by atoms with Gasteiger partial charge in [0, 0.05) is 6.07 Å². The summed E-state index contributed by atoms with van der Waals surface area (Å²) in [5.41, 5.74) is 0. The van der Waals surface area contributed by atoms with Crippen LogP contribution >= 0.6 is 11.8 Å². The molecule has 0 saturated carbocycles. The van der Waals surface area contributed by atoms with Gasteiger partial charge < -0.3 is 14.3 Å². The van der Waals surface area contributed by atoms with Crippen LogP contribution < -0.4 is 5.32 Å². The van der Waals surface area contributed by atoms with E-state index in [0.717, 1.165) is 6.42 Å². The number of nitrogens with zero attached hydrogens (tertiary/aromatic N) is 4. The second kappa shape index (κ2) is 7.41. The molecule has 1 atom stereocenters. The van der Waals surface area contributed by atoms with Gasteiger partial charge in [-0.05, 0) is 27.4 Å². The lowest BCUT2D eigenvalue weighted by atomic mass is 10.2. The zero-order valence-corrected chi connectivity index (χ0v) is 13.8. The van der Waals surface area contributed by atoms with E-state index in [-0.39, 0.29) is 17.7 Å². The standard InChI is InChI=1S/C13H19N5O3S/c1-5-9(18(3)4)12-15-16-13(20-12)22-7-11(19)14-10-6-8(2)21-17-10/h6,9H,5,7H2,1-4H3,(H,14,17,19)/t9-/m0/s1. The van der Waals surface area contributed by atoms with Gasteiger partial charge in [0.15, 0.2) is 5.82 Å². The van der Waals surface area contributed by atoms with Crippen LogP contribution in [0.5, 0.6) is 0 Å². The molecule has 2 aromatic rings. The molecule has 2 heterocycles. The summed E-state index contributed by atoms with van der Waals surface area (Å²) in [6.45, 7) is 3.81. The van der Waals surface area contributed by atoms with Gasteiger partial charge in [-0.2, -0.15) is 0 Å². The van der Waals surface area contributed by atoms with Gasteiger partial charge in [-0.3, -0.25) is 9.69 Å². The fourth-order valence-electron chi connectivity index (χ4n) is 1.91. The number of rotatable bonds is 7. The van der Waals surface area contributed by atoms with Gasteiger partial charge in [-0.25, -0.2) is 0 Å². The number of hydrogen-bond acceptors (Lipinski definition) is 8. The Labute approximate surface area is 132 Å². The Balaban J connectivity index is 1.86. The van der Waals surface area contributed by atoms with E-state index < -0.39 is 0 Å². The van der Waals surface area contributed by atoms with E-state index in [1.807, 2.05) is 19.0 Å². The Morgan fingerprint density at radius 1 is 1.45 bits per heavy atom. The number of hydrogen-bond donors (Lipinski definition) is 1. The summed E-state index contributed by atoms with van der Waals surface area (Å²) in [5.74, 6) is 1.54. The molecule has 0 fully saturated rings. The van der Waals surface area contributed by atoms with Gasteiger partial charge >= 0.3 is 0 Å². The molecule has 0 aromatic carbocycles. The Hall–Kier alpha value is -1.87. The third kappa shape index (κ3) is 4.31. The minimum atomic E-state index is -0.210. The number of aromatic nitrogens is 3. The predicted octanol–water partition coefficient (Wildman–Crippen LogP) is 2.11. The monoisotopic (exact) mass is 325 g/mol. The molecule has 0 unspecified atom stereocenters. The molecule has 0 radical (unpaired) electrons. The van der Waals surface area contributed by atoms with Gasteiger partial charge in [-0.15, -0.1) is 10.2 Å². The summed E-state index contributed by atoms with van der Waals surface area (Å²) in [6.07, 6.45) is 0.866. The smallest absolute Gasteiger partial charge is 0.277 e. The number of thioether (sulfide) groups is 1. The highest BCUT2D eigenvalue weighted by atomic mass is 32.2. The molecule has 0 aliphatic rings. The first-order chi connectivity index (χ1) is 10.5. The van der Waals surface area contributed by atoms with Gasteiger partial charge in [0.05, 0.1) is 11.8 Å². The number of carbonyl (C=O) groups excluding carboxylic acids is 1. The molecule has 2 aromatic heterocycles. The number of aryl methyl sites for hydroxylation is 1. The Morgan fingerprint density at radius 3 is 2.82 bits per heavy atom. The van der Waals surface area contributed by atoms with E-state index in [9.17, 15) is 4.79 Å². The molecular formula is C13H19N5O3S. The molecule has 2 rings (SSSR count). The van der Waals surface area contributed by atoms with Crippen molar-refractivity contribution in [1.82, 2.24) is 20.3 Å². The molecule has 9 heteroatoms. The molecule has 0 spiro atoms. The zero-order valence-electron chi connectivity index (χ0n) is 13.0. The van der Waals surface area contributed by atoms with E-state index in [4.69, 9.17) is 8.94 Å². The van der Waals surface area contributed by atoms with Crippen molar-refractivity contribution in [3.05, 3.63) is 17.7 Å². The van der Waals surface area contributed by atoms with Gasteiger partial charge in [0.2, 0.25) is 11.8 Å². The van der Waals surface area contributed by atoms with Crippen LogP contribution in [-0.2, 0) is 4.79 Å². The second-order valence-corrected chi connectivity index (χ2v) is 5.88. The van der Waals surface area contributed by atoms with Crippen molar-refractivity contribution in [2.24, 2.45) is 0 Å². The number of anilines is 1. The SMILES string of the molecule is CC[C@@H](c1nnc(SCC(=O)Nc2cc(C)on2)o1)N(C)C. The van der Waals surface area contributed by atoms with Crippen LogP contribution in [0.4, 0.5) is 5.82 Å². The largest absolute Gasteiger partial charge is 0.414 e. The van der Waals surface area contributed by atoms with Crippen LogP contribution in [0.2, 0.25) is 0 Å². The maximum Gasteiger partial charge on any atom is 0.277 e. The summed E-state index contributed by atoms with van der Waals surface area (Å²) in [7, 11) is 3.91. The molecule has 22 heavy (non-hydrogen) atoms. The van der Waals surface area contributed by atoms with Crippen LogP contribution in [0.25, 0.3) is 0 Å². The van der Waals surface area contributed by atoms with Gasteiger partial charge in [0.1, 0.15) is 5.76 Å². The van der Waals surface area contributed by atoms with E-state index in [2.05, 4.69) is 27.6 Å². The Morgan fingerprint density at radius 2 is 2.23 bits per heavy atom. The quantitative estimate of drug-likeness (QED) is 0.773. The number of carbonyl (C=O) groups is 1. The highest BCUT2D eigenvalue weighted by Gasteiger charge is 2.19. The molecule has 0 bridgehead atoms. The first-order valence-corrected chi connectivity index (χ1v) is 7.84. The van der Waals surface area contributed by atoms with Crippen LogP contribution in [0, 0.1) is 6.92 Å². The minimum absolute atomic E-state index is 0.0776. The van der Waals surface area contributed by atoms with Crippen molar-refractivity contribution < 1.29 is 13.7 Å². The van der Waals surface area contributed by atoms with Crippen LogP contribution in [0.3, 0.4) is 0 Å². The number of amides is 1. The average molecular weight is 325 g/mol. The van der Waals surface area contributed by atoms with E-state index in [1.165, 1.54) is 11.8 Å². The zero-order chi connectivity index (χ0) is 16.1. The molecule has 0 aliphatic heterocycles. The fourth-order valence-corrected chi connectivity index (χ4v) is 2.48. The third-order valence-electron chi connectivity index (χ3n) is 2.94.